The Morgan fingerprint density at radius 3 is 2.64 bits per heavy atom. The van der Waals surface area contributed by atoms with Crippen LogP contribution in [0.15, 0.2) is 57.9 Å². The Balaban J connectivity index is 1.58. The van der Waals surface area contributed by atoms with E-state index >= 15 is 0 Å². The molecule has 3 rings (SSSR count). The molecule has 0 aliphatic rings. The minimum atomic E-state index is -4.71. The SMILES string of the molecule is CCOc1ccccc1-c1noc(COC(=O)CNS(=O)(=O)c2cccc(C(F)(F)F)c2)n1. The molecule has 2 aromatic carbocycles. The van der Waals surface area contributed by atoms with E-state index in [1.807, 2.05) is 11.6 Å². The van der Waals surface area contributed by atoms with Crippen LogP contribution in [0.1, 0.15) is 18.4 Å². The number of ether oxygens (including phenoxy) is 2. The van der Waals surface area contributed by atoms with Crippen LogP contribution in [-0.2, 0) is 32.3 Å². The highest BCUT2D eigenvalue weighted by molar-refractivity contribution is 7.89. The van der Waals surface area contributed by atoms with Gasteiger partial charge in [-0.3, -0.25) is 4.79 Å². The third-order valence-electron chi connectivity index (χ3n) is 4.13. The van der Waals surface area contributed by atoms with Gasteiger partial charge in [-0.15, -0.1) is 0 Å². The van der Waals surface area contributed by atoms with E-state index in [2.05, 4.69) is 10.1 Å². The highest BCUT2D eigenvalue weighted by Crippen LogP contribution is 2.30. The maximum atomic E-state index is 12.8. The molecule has 1 aromatic heterocycles. The summed E-state index contributed by atoms with van der Waals surface area (Å²) < 4.78 is 80.0. The summed E-state index contributed by atoms with van der Waals surface area (Å²) in [6.07, 6.45) is -4.71. The zero-order valence-electron chi connectivity index (χ0n) is 17.1. The van der Waals surface area contributed by atoms with Crippen molar-refractivity contribution in [2.45, 2.75) is 24.6 Å². The number of nitrogens with one attached hydrogen (secondary N) is 1. The number of sulfonamides is 1. The van der Waals surface area contributed by atoms with E-state index in [9.17, 15) is 26.4 Å². The zero-order chi connectivity index (χ0) is 24.1. The number of carbonyl (C=O) groups excluding carboxylic acids is 1. The summed E-state index contributed by atoms with van der Waals surface area (Å²) in [6.45, 7) is 0.996. The zero-order valence-corrected chi connectivity index (χ0v) is 17.9. The molecule has 0 unspecified atom stereocenters. The maximum Gasteiger partial charge on any atom is 0.416 e. The molecule has 176 valence electrons. The third kappa shape index (κ3) is 6.29. The van der Waals surface area contributed by atoms with E-state index in [4.69, 9.17) is 14.0 Å². The van der Waals surface area contributed by atoms with Crippen molar-refractivity contribution in [3.63, 3.8) is 0 Å². The first-order valence-corrected chi connectivity index (χ1v) is 11.0. The molecule has 0 fully saturated rings. The van der Waals surface area contributed by atoms with Gasteiger partial charge in [0.1, 0.15) is 12.3 Å². The van der Waals surface area contributed by atoms with Crippen LogP contribution in [0.2, 0.25) is 0 Å². The summed E-state index contributed by atoms with van der Waals surface area (Å²) in [5, 5.41) is 3.80. The standard InChI is InChI=1S/C20H18F3N3O6S/c1-2-30-16-9-4-3-8-15(16)19-25-17(32-26-19)12-31-18(27)11-24-33(28,29)14-7-5-6-13(10-14)20(21,22)23/h3-10,24H,2,11-12H2,1H3. The monoisotopic (exact) mass is 485 g/mol. The number of rotatable bonds is 9. The molecule has 0 bridgehead atoms. The van der Waals surface area contributed by atoms with Crippen LogP contribution in [0.5, 0.6) is 5.75 Å². The predicted molar refractivity (Wildman–Crippen MR) is 107 cm³/mol. The van der Waals surface area contributed by atoms with E-state index in [-0.39, 0.29) is 11.7 Å². The number of carbonyl (C=O) groups is 1. The van der Waals surface area contributed by atoms with Gasteiger partial charge in [0.25, 0.3) is 5.89 Å². The fourth-order valence-corrected chi connectivity index (χ4v) is 3.64. The van der Waals surface area contributed by atoms with Gasteiger partial charge in [0.15, 0.2) is 6.61 Å². The van der Waals surface area contributed by atoms with Crippen molar-refractivity contribution in [3.05, 3.63) is 60.0 Å². The van der Waals surface area contributed by atoms with Crippen molar-refractivity contribution in [2.24, 2.45) is 0 Å². The molecular weight excluding hydrogens is 467 g/mol. The van der Waals surface area contributed by atoms with E-state index < -0.39 is 45.8 Å². The Labute approximate surface area is 186 Å². The second kappa shape index (κ2) is 10.0. The first-order valence-electron chi connectivity index (χ1n) is 9.47. The summed E-state index contributed by atoms with van der Waals surface area (Å²) in [4.78, 5) is 15.4. The lowest BCUT2D eigenvalue weighted by atomic mass is 10.2. The maximum absolute atomic E-state index is 12.8. The van der Waals surface area contributed by atoms with E-state index in [0.717, 1.165) is 18.2 Å². The molecule has 1 N–H and O–H groups in total. The minimum Gasteiger partial charge on any atom is -0.493 e. The van der Waals surface area contributed by atoms with Crippen LogP contribution in [0.4, 0.5) is 13.2 Å². The number of para-hydroxylation sites is 1. The van der Waals surface area contributed by atoms with Crippen molar-refractivity contribution in [3.8, 4) is 17.1 Å². The topological polar surface area (TPSA) is 121 Å². The molecule has 33 heavy (non-hydrogen) atoms. The van der Waals surface area contributed by atoms with Gasteiger partial charge in [-0.1, -0.05) is 23.4 Å². The van der Waals surface area contributed by atoms with Gasteiger partial charge in [0.2, 0.25) is 15.8 Å². The van der Waals surface area contributed by atoms with Gasteiger partial charge in [-0.2, -0.15) is 22.9 Å². The van der Waals surface area contributed by atoms with Gasteiger partial charge in [-0.25, -0.2) is 8.42 Å². The van der Waals surface area contributed by atoms with E-state index in [1.54, 1.807) is 24.3 Å². The molecule has 3 aromatic rings. The van der Waals surface area contributed by atoms with Crippen LogP contribution < -0.4 is 9.46 Å². The largest absolute Gasteiger partial charge is 0.493 e. The molecule has 0 aliphatic carbocycles. The molecule has 0 saturated carbocycles. The Hall–Kier alpha value is -3.45. The summed E-state index contributed by atoms with van der Waals surface area (Å²) in [5.41, 5.74) is -0.569. The Morgan fingerprint density at radius 2 is 1.91 bits per heavy atom. The molecular formula is C20H18F3N3O6S. The molecule has 0 radical (unpaired) electrons. The number of aromatic nitrogens is 2. The van der Waals surface area contributed by atoms with E-state index in [0.29, 0.717) is 24.0 Å². The predicted octanol–water partition coefficient (Wildman–Crippen LogP) is 3.18. The first-order chi connectivity index (χ1) is 15.6. The van der Waals surface area contributed by atoms with Crippen molar-refractivity contribution >= 4 is 16.0 Å². The smallest absolute Gasteiger partial charge is 0.416 e. The molecule has 0 spiro atoms. The molecule has 1 heterocycles. The summed E-state index contributed by atoms with van der Waals surface area (Å²) in [5.74, 6) is -0.311. The van der Waals surface area contributed by atoms with Gasteiger partial charge in [0, 0.05) is 0 Å². The number of esters is 1. The molecule has 9 nitrogen and oxygen atoms in total. The molecule has 0 atom stereocenters. The van der Waals surface area contributed by atoms with Crippen molar-refractivity contribution < 1.29 is 40.4 Å². The highest BCUT2D eigenvalue weighted by atomic mass is 32.2. The summed E-state index contributed by atoms with van der Waals surface area (Å²) in [7, 11) is -4.38. The minimum absolute atomic E-state index is 0.0506. The number of benzene rings is 2. The van der Waals surface area contributed by atoms with Crippen LogP contribution in [0, 0.1) is 0 Å². The highest BCUT2D eigenvalue weighted by Gasteiger charge is 2.31. The number of nitrogens with zero attached hydrogens (tertiary/aromatic N) is 2. The van der Waals surface area contributed by atoms with Crippen LogP contribution >= 0.6 is 0 Å². The van der Waals surface area contributed by atoms with Gasteiger partial charge in [-0.05, 0) is 37.3 Å². The summed E-state index contributed by atoms with van der Waals surface area (Å²) >= 11 is 0. The van der Waals surface area contributed by atoms with Crippen LogP contribution in [-0.4, -0.2) is 37.7 Å². The lowest BCUT2D eigenvalue weighted by Crippen LogP contribution is -2.30. The molecule has 0 amide bonds. The van der Waals surface area contributed by atoms with Gasteiger partial charge < -0.3 is 14.0 Å². The number of alkyl halides is 3. The number of hydrogen-bond donors (Lipinski definition) is 1. The fourth-order valence-electron chi connectivity index (χ4n) is 2.63. The van der Waals surface area contributed by atoms with Gasteiger partial charge >= 0.3 is 12.1 Å². The van der Waals surface area contributed by atoms with Crippen molar-refractivity contribution in [1.82, 2.24) is 14.9 Å². The Kier molecular flexibility index (Phi) is 7.33. The Bertz CT molecular complexity index is 1230. The second-order valence-electron chi connectivity index (χ2n) is 6.45. The van der Waals surface area contributed by atoms with E-state index in [1.165, 1.54) is 0 Å². The molecule has 0 saturated heterocycles. The fraction of sp³-hybridized carbons (Fsp3) is 0.250. The van der Waals surface area contributed by atoms with Gasteiger partial charge in [0.05, 0.1) is 22.6 Å². The Morgan fingerprint density at radius 1 is 1.15 bits per heavy atom. The molecule has 13 heteroatoms. The lowest BCUT2D eigenvalue weighted by molar-refractivity contribution is -0.144. The van der Waals surface area contributed by atoms with Crippen LogP contribution in [0.25, 0.3) is 11.4 Å². The average molecular weight is 485 g/mol. The quantitative estimate of drug-likeness (QED) is 0.459. The van der Waals surface area contributed by atoms with Crippen molar-refractivity contribution in [1.29, 1.82) is 0 Å². The first kappa shape index (κ1) is 24.2. The number of halogens is 3. The lowest BCUT2D eigenvalue weighted by Gasteiger charge is -2.10. The number of hydrogen-bond acceptors (Lipinski definition) is 8. The average Bonchev–Trinajstić information content (AvgIpc) is 3.25. The molecule has 0 aliphatic heterocycles. The van der Waals surface area contributed by atoms with Crippen LogP contribution in [0.3, 0.4) is 0 Å². The third-order valence-corrected chi connectivity index (χ3v) is 5.53. The summed E-state index contributed by atoms with van der Waals surface area (Å²) in [6, 6.07) is 10.1. The van der Waals surface area contributed by atoms with Crippen molar-refractivity contribution in [2.75, 3.05) is 13.2 Å². The normalized spacial score (nSPS) is 11.9. The second-order valence-corrected chi connectivity index (χ2v) is 8.22.